The first kappa shape index (κ1) is 24.7. The average Bonchev–Trinajstić information content (AvgIpc) is 2.70. The molecule has 2 aromatic carbocycles. The summed E-state index contributed by atoms with van der Waals surface area (Å²) < 4.78 is 10.5. The molecule has 0 aliphatic rings. The monoisotopic (exact) mass is 465 g/mol. The van der Waals surface area contributed by atoms with Gasteiger partial charge in [0.05, 0.1) is 11.6 Å². The second kappa shape index (κ2) is 11.2. The number of amides is 1. The fourth-order valence-corrected chi connectivity index (χ4v) is 2.81. The van der Waals surface area contributed by atoms with Crippen LogP contribution in [-0.4, -0.2) is 30.9 Å². The zero-order valence-corrected chi connectivity index (χ0v) is 19.2. The normalized spacial score (nSPS) is 11.0. The molecule has 0 heterocycles. The Kier molecular flexibility index (Phi) is 8.89. The molecule has 2 rings (SSSR count). The number of hydrogen-bond donors (Lipinski definition) is 1. The van der Waals surface area contributed by atoms with E-state index in [2.05, 4.69) is 5.32 Å². The minimum absolute atomic E-state index is 0.107. The maximum absolute atomic E-state index is 12.2. The quantitative estimate of drug-likeness (QED) is 0.297. The largest absolute Gasteiger partial charge is 0.492 e. The highest BCUT2D eigenvalue weighted by molar-refractivity contribution is 6.35. The number of carbonyl (C=O) groups excluding carboxylic acids is 3. The summed E-state index contributed by atoms with van der Waals surface area (Å²) in [5.74, 6) is -0.459. The summed E-state index contributed by atoms with van der Waals surface area (Å²) in [7, 11) is 0. The number of anilines is 1. The molecule has 0 aliphatic heterocycles. The summed E-state index contributed by atoms with van der Waals surface area (Å²) in [4.78, 5) is 36.0. The lowest BCUT2D eigenvalue weighted by molar-refractivity contribution is -0.142. The lowest BCUT2D eigenvalue weighted by Crippen LogP contribution is -2.27. The van der Waals surface area contributed by atoms with Gasteiger partial charge in [0, 0.05) is 28.1 Å². The van der Waals surface area contributed by atoms with Gasteiger partial charge in [-0.05, 0) is 48.9 Å². The van der Waals surface area contributed by atoms with Gasteiger partial charge in [0.15, 0.2) is 12.4 Å². The fourth-order valence-electron chi connectivity index (χ4n) is 2.35. The highest BCUT2D eigenvalue weighted by atomic mass is 35.5. The van der Waals surface area contributed by atoms with Gasteiger partial charge >= 0.3 is 5.97 Å². The Balaban J connectivity index is 1.71. The molecule has 2 aromatic rings. The Morgan fingerprint density at radius 2 is 1.68 bits per heavy atom. The molecule has 0 saturated carbocycles. The van der Waals surface area contributed by atoms with Gasteiger partial charge in [-0.3, -0.25) is 14.4 Å². The van der Waals surface area contributed by atoms with Crippen LogP contribution in [0, 0.1) is 5.41 Å². The molecule has 0 fully saturated rings. The highest BCUT2D eigenvalue weighted by Gasteiger charge is 2.21. The average molecular weight is 466 g/mol. The van der Waals surface area contributed by atoms with Crippen molar-refractivity contribution < 1.29 is 23.9 Å². The van der Waals surface area contributed by atoms with Crippen molar-refractivity contribution >= 4 is 46.5 Å². The van der Waals surface area contributed by atoms with Crippen LogP contribution in [0.5, 0.6) is 5.75 Å². The summed E-state index contributed by atoms with van der Waals surface area (Å²) in [5, 5.41) is 3.68. The first-order valence-corrected chi connectivity index (χ1v) is 10.5. The number of ether oxygens (including phenoxy) is 2. The smallest absolute Gasteiger partial charge is 0.306 e. The Morgan fingerprint density at radius 3 is 2.29 bits per heavy atom. The van der Waals surface area contributed by atoms with Crippen molar-refractivity contribution in [1.29, 1.82) is 0 Å². The maximum Gasteiger partial charge on any atom is 0.306 e. The van der Waals surface area contributed by atoms with Crippen LogP contribution in [-0.2, 0) is 14.3 Å². The number of hydrogen-bond acceptors (Lipinski definition) is 5. The highest BCUT2D eigenvalue weighted by Crippen LogP contribution is 2.27. The minimum atomic E-state index is -0.519. The molecule has 6 nitrogen and oxygen atoms in total. The van der Waals surface area contributed by atoms with Crippen LogP contribution in [0.25, 0.3) is 0 Å². The minimum Gasteiger partial charge on any atom is -0.492 e. The standard InChI is InChI=1S/C23H25Cl2NO5/c1-23(2,3)22(29)26-17-9-6-15(7-10-17)19(27)14-31-21(28)5-4-12-30-20-11-8-16(24)13-18(20)25/h6-11,13H,4-5,12,14H2,1-3H3,(H,26,29). The van der Waals surface area contributed by atoms with Crippen molar-refractivity contribution in [3.8, 4) is 5.75 Å². The molecule has 166 valence electrons. The van der Waals surface area contributed by atoms with Crippen molar-refractivity contribution in [3.63, 3.8) is 0 Å². The number of Topliss-reactive ketones (excluding diaryl/α,β-unsaturated/α-hetero) is 1. The molecule has 0 spiro atoms. The maximum atomic E-state index is 12.2. The topological polar surface area (TPSA) is 81.7 Å². The van der Waals surface area contributed by atoms with E-state index in [9.17, 15) is 14.4 Å². The van der Waals surface area contributed by atoms with E-state index < -0.39 is 11.4 Å². The van der Waals surface area contributed by atoms with Crippen molar-refractivity contribution in [3.05, 3.63) is 58.1 Å². The zero-order valence-electron chi connectivity index (χ0n) is 17.7. The second-order valence-corrected chi connectivity index (χ2v) is 8.74. The Labute approximate surface area is 191 Å². The van der Waals surface area contributed by atoms with Crippen molar-refractivity contribution in [2.75, 3.05) is 18.5 Å². The second-order valence-electron chi connectivity index (χ2n) is 7.89. The van der Waals surface area contributed by atoms with Crippen LogP contribution in [0.2, 0.25) is 10.0 Å². The molecule has 0 atom stereocenters. The van der Waals surface area contributed by atoms with Gasteiger partial charge in [-0.25, -0.2) is 0 Å². The van der Waals surface area contributed by atoms with E-state index in [-0.39, 0.29) is 31.3 Å². The van der Waals surface area contributed by atoms with E-state index in [0.29, 0.717) is 33.5 Å². The summed E-state index contributed by atoms with van der Waals surface area (Å²) in [6, 6.07) is 11.3. The van der Waals surface area contributed by atoms with Crippen molar-refractivity contribution in [1.82, 2.24) is 0 Å². The molecular weight excluding hydrogens is 441 g/mol. The third kappa shape index (κ3) is 8.23. The molecule has 8 heteroatoms. The lowest BCUT2D eigenvalue weighted by atomic mass is 9.95. The molecule has 1 amide bonds. The number of halogens is 2. The molecule has 0 aromatic heterocycles. The van der Waals surface area contributed by atoms with Gasteiger partial charge in [-0.2, -0.15) is 0 Å². The van der Waals surface area contributed by atoms with E-state index in [1.807, 2.05) is 20.8 Å². The van der Waals surface area contributed by atoms with E-state index in [4.69, 9.17) is 32.7 Å². The van der Waals surface area contributed by atoms with Crippen LogP contribution < -0.4 is 10.1 Å². The fraction of sp³-hybridized carbons (Fsp3) is 0.348. The van der Waals surface area contributed by atoms with E-state index >= 15 is 0 Å². The lowest BCUT2D eigenvalue weighted by Gasteiger charge is -2.17. The van der Waals surface area contributed by atoms with E-state index in [1.54, 1.807) is 42.5 Å². The number of rotatable bonds is 9. The third-order valence-corrected chi connectivity index (χ3v) is 4.72. The van der Waals surface area contributed by atoms with E-state index in [0.717, 1.165) is 0 Å². The van der Waals surface area contributed by atoms with Gasteiger partial charge in [0.25, 0.3) is 0 Å². The first-order chi connectivity index (χ1) is 14.6. The Hall–Kier alpha value is -2.57. The number of esters is 1. The summed E-state index contributed by atoms with van der Waals surface area (Å²) >= 11 is 11.8. The van der Waals surface area contributed by atoms with Gasteiger partial charge in [0.1, 0.15) is 5.75 Å². The van der Waals surface area contributed by atoms with Gasteiger partial charge in [0.2, 0.25) is 5.91 Å². The van der Waals surface area contributed by atoms with Crippen LogP contribution >= 0.6 is 23.2 Å². The summed E-state index contributed by atoms with van der Waals surface area (Å²) in [5.41, 5.74) is 0.464. The first-order valence-electron chi connectivity index (χ1n) is 9.74. The molecule has 0 unspecified atom stereocenters. The molecule has 0 radical (unpaired) electrons. The molecule has 0 bridgehead atoms. The summed E-state index contributed by atoms with van der Waals surface area (Å²) in [6.45, 7) is 5.36. The molecular formula is C23H25Cl2NO5. The Morgan fingerprint density at radius 1 is 1.00 bits per heavy atom. The van der Waals surface area contributed by atoms with E-state index in [1.165, 1.54) is 0 Å². The molecule has 31 heavy (non-hydrogen) atoms. The van der Waals surface area contributed by atoms with Crippen LogP contribution in [0.15, 0.2) is 42.5 Å². The molecule has 1 N–H and O–H groups in total. The SMILES string of the molecule is CC(C)(C)C(=O)Nc1ccc(C(=O)COC(=O)CCCOc2ccc(Cl)cc2Cl)cc1. The summed E-state index contributed by atoms with van der Waals surface area (Å²) in [6.07, 6.45) is 0.518. The van der Waals surface area contributed by atoms with Gasteiger partial charge in [-0.1, -0.05) is 44.0 Å². The molecule has 0 aliphatic carbocycles. The number of ketones is 1. The number of benzene rings is 2. The number of carbonyl (C=O) groups is 3. The van der Waals surface area contributed by atoms with Crippen LogP contribution in [0.4, 0.5) is 5.69 Å². The van der Waals surface area contributed by atoms with Crippen LogP contribution in [0.1, 0.15) is 44.0 Å². The van der Waals surface area contributed by atoms with Crippen LogP contribution in [0.3, 0.4) is 0 Å². The van der Waals surface area contributed by atoms with Crippen molar-refractivity contribution in [2.24, 2.45) is 5.41 Å². The predicted molar refractivity (Wildman–Crippen MR) is 121 cm³/mol. The predicted octanol–water partition coefficient (Wildman–Crippen LogP) is 5.56. The molecule has 0 saturated heterocycles. The Bertz CT molecular complexity index is 936. The van der Waals surface area contributed by atoms with Gasteiger partial charge in [-0.15, -0.1) is 0 Å². The zero-order chi connectivity index (χ0) is 23.0. The number of nitrogens with one attached hydrogen (secondary N) is 1. The van der Waals surface area contributed by atoms with Gasteiger partial charge < -0.3 is 14.8 Å². The third-order valence-electron chi connectivity index (χ3n) is 4.19. The van der Waals surface area contributed by atoms with Crippen molar-refractivity contribution in [2.45, 2.75) is 33.6 Å².